The van der Waals surface area contributed by atoms with Crippen LogP contribution in [0.15, 0.2) is 53.6 Å². The van der Waals surface area contributed by atoms with E-state index in [-0.39, 0.29) is 4.90 Å². The largest absolute Gasteiger partial charge is 0.496 e. The van der Waals surface area contributed by atoms with E-state index in [0.717, 1.165) is 16.8 Å². The van der Waals surface area contributed by atoms with Gasteiger partial charge in [-0.05, 0) is 56.2 Å². The number of hydrogen-bond acceptors (Lipinski definition) is 4. The third kappa shape index (κ3) is 3.17. The molecule has 3 rings (SSSR count). The highest BCUT2D eigenvalue weighted by Crippen LogP contribution is 2.29. The molecular weight excluding hydrogens is 350 g/mol. The van der Waals surface area contributed by atoms with Gasteiger partial charge in [0.15, 0.2) is 0 Å². The number of para-hydroxylation sites is 1. The summed E-state index contributed by atoms with van der Waals surface area (Å²) in [6, 6.07) is 12.6. The molecule has 0 aliphatic carbocycles. The summed E-state index contributed by atoms with van der Waals surface area (Å²) in [5, 5.41) is 4.30. The smallest absolute Gasteiger partial charge is 0.263 e. The van der Waals surface area contributed by atoms with E-state index in [2.05, 4.69) is 9.82 Å². The number of nitrogens with one attached hydrogen (secondary N) is 1. The molecule has 0 aliphatic rings. The molecule has 2 aromatic carbocycles. The highest BCUT2D eigenvalue weighted by atomic mass is 32.2. The van der Waals surface area contributed by atoms with E-state index in [0.29, 0.717) is 17.1 Å². The molecule has 3 aromatic rings. The van der Waals surface area contributed by atoms with E-state index in [4.69, 9.17) is 4.74 Å². The number of nitrogens with zero attached hydrogens (tertiary/aromatic N) is 2. The third-order valence-corrected chi connectivity index (χ3v) is 5.86. The highest BCUT2D eigenvalue weighted by Gasteiger charge is 2.22. The highest BCUT2D eigenvalue weighted by molar-refractivity contribution is 7.92. The van der Waals surface area contributed by atoms with Crippen LogP contribution in [0.1, 0.15) is 16.7 Å². The van der Waals surface area contributed by atoms with Gasteiger partial charge in [-0.2, -0.15) is 5.10 Å². The molecule has 0 aliphatic heterocycles. The molecule has 0 radical (unpaired) electrons. The van der Waals surface area contributed by atoms with E-state index in [1.54, 1.807) is 37.0 Å². The van der Waals surface area contributed by atoms with Crippen LogP contribution in [0.25, 0.3) is 5.69 Å². The zero-order valence-corrected chi connectivity index (χ0v) is 16.0. The second-order valence-electron chi connectivity index (χ2n) is 6.04. The molecule has 1 aromatic heterocycles. The van der Waals surface area contributed by atoms with Gasteiger partial charge in [0, 0.05) is 5.56 Å². The summed E-state index contributed by atoms with van der Waals surface area (Å²) in [5.41, 5.74) is 2.96. The Kier molecular flexibility index (Phi) is 4.73. The maximum Gasteiger partial charge on any atom is 0.263 e. The summed E-state index contributed by atoms with van der Waals surface area (Å²) in [7, 11) is -2.22. The molecular formula is C19H21N3O3S. The third-order valence-electron chi connectivity index (χ3n) is 4.38. The van der Waals surface area contributed by atoms with E-state index in [1.807, 2.05) is 44.2 Å². The van der Waals surface area contributed by atoms with Crippen molar-refractivity contribution in [3.05, 3.63) is 65.4 Å². The lowest BCUT2D eigenvalue weighted by atomic mass is 10.1. The zero-order chi connectivity index (χ0) is 18.9. The van der Waals surface area contributed by atoms with Crippen molar-refractivity contribution >= 4 is 15.8 Å². The normalized spacial score (nSPS) is 11.4. The minimum Gasteiger partial charge on any atom is -0.496 e. The standard InChI is InChI=1S/C19H21N3O3S/c1-13-12-20-22(16-8-6-5-7-9-16)19(13)21-26(23,24)18-11-10-17(25-4)14(2)15(18)3/h5-12,21H,1-4H3. The molecule has 0 atom stereocenters. The first-order chi connectivity index (χ1) is 12.3. The summed E-state index contributed by atoms with van der Waals surface area (Å²) >= 11 is 0. The quantitative estimate of drug-likeness (QED) is 0.744. The Morgan fingerprint density at radius 2 is 1.69 bits per heavy atom. The lowest BCUT2D eigenvalue weighted by molar-refractivity contribution is 0.411. The fourth-order valence-corrected chi connectivity index (χ4v) is 4.20. The number of rotatable bonds is 5. The SMILES string of the molecule is COc1ccc(S(=O)(=O)Nc2c(C)cnn2-c2ccccc2)c(C)c1C. The van der Waals surface area contributed by atoms with E-state index in [1.165, 1.54) is 0 Å². The first-order valence-electron chi connectivity index (χ1n) is 8.12. The predicted octanol–water partition coefficient (Wildman–Crippen LogP) is 3.61. The molecule has 0 amide bonds. The Bertz CT molecular complexity index is 1040. The monoisotopic (exact) mass is 371 g/mol. The van der Waals surface area contributed by atoms with Crippen molar-refractivity contribution in [2.45, 2.75) is 25.7 Å². The Hall–Kier alpha value is -2.80. The van der Waals surface area contributed by atoms with Gasteiger partial charge in [0.25, 0.3) is 10.0 Å². The van der Waals surface area contributed by atoms with Gasteiger partial charge in [-0.3, -0.25) is 4.72 Å². The van der Waals surface area contributed by atoms with Crippen LogP contribution in [0.5, 0.6) is 5.75 Å². The summed E-state index contributed by atoms with van der Waals surface area (Å²) in [6.45, 7) is 5.43. The van der Waals surface area contributed by atoms with Crippen LogP contribution in [-0.2, 0) is 10.0 Å². The number of methoxy groups -OCH3 is 1. The van der Waals surface area contributed by atoms with Gasteiger partial charge >= 0.3 is 0 Å². The average Bonchev–Trinajstić information content (AvgIpc) is 2.98. The fourth-order valence-electron chi connectivity index (χ4n) is 2.78. The van der Waals surface area contributed by atoms with Crippen molar-refractivity contribution in [2.75, 3.05) is 11.8 Å². The Labute approximate surface area is 153 Å². The molecule has 0 unspecified atom stereocenters. The molecule has 0 saturated heterocycles. The molecule has 0 saturated carbocycles. The van der Waals surface area contributed by atoms with Crippen molar-refractivity contribution in [3.8, 4) is 11.4 Å². The van der Waals surface area contributed by atoms with Crippen molar-refractivity contribution in [3.63, 3.8) is 0 Å². The van der Waals surface area contributed by atoms with Crippen LogP contribution in [0.2, 0.25) is 0 Å². The Morgan fingerprint density at radius 3 is 2.35 bits per heavy atom. The molecule has 6 nitrogen and oxygen atoms in total. The van der Waals surface area contributed by atoms with Crippen LogP contribution in [0.3, 0.4) is 0 Å². The average molecular weight is 371 g/mol. The first-order valence-corrected chi connectivity index (χ1v) is 9.60. The molecule has 136 valence electrons. The number of hydrogen-bond donors (Lipinski definition) is 1. The van der Waals surface area contributed by atoms with Gasteiger partial charge in [-0.25, -0.2) is 13.1 Å². The maximum atomic E-state index is 13.0. The van der Waals surface area contributed by atoms with E-state index < -0.39 is 10.0 Å². The van der Waals surface area contributed by atoms with Gasteiger partial charge in [0.1, 0.15) is 11.6 Å². The minimum absolute atomic E-state index is 0.219. The van der Waals surface area contributed by atoms with E-state index >= 15 is 0 Å². The van der Waals surface area contributed by atoms with Crippen LogP contribution >= 0.6 is 0 Å². The number of aromatic nitrogens is 2. The molecule has 0 bridgehead atoms. The number of sulfonamides is 1. The Morgan fingerprint density at radius 1 is 1.00 bits per heavy atom. The van der Waals surface area contributed by atoms with Crippen LogP contribution in [0.4, 0.5) is 5.82 Å². The van der Waals surface area contributed by atoms with E-state index in [9.17, 15) is 8.42 Å². The number of aryl methyl sites for hydroxylation is 1. The van der Waals surface area contributed by atoms with Gasteiger partial charge in [0.2, 0.25) is 0 Å². The number of benzene rings is 2. The van der Waals surface area contributed by atoms with Gasteiger partial charge in [0.05, 0.1) is 23.9 Å². The van der Waals surface area contributed by atoms with Crippen LogP contribution in [0, 0.1) is 20.8 Å². The summed E-state index contributed by atoms with van der Waals surface area (Å²) < 4.78 is 35.6. The lowest BCUT2D eigenvalue weighted by Gasteiger charge is -2.15. The summed E-state index contributed by atoms with van der Waals surface area (Å²) in [6.07, 6.45) is 1.64. The van der Waals surface area contributed by atoms with Crippen molar-refractivity contribution in [1.82, 2.24) is 9.78 Å². The van der Waals surface area contributed by atoms with Crippen molar-refractivity contribution < 1.29 is 13.2 Å². The molecule has 26 heavy (non-hydrogen) atoms. The summed E-state index contributed by atoms with van der Waals surface area (Å²) in [4.78, 5) is 0.219. The Balaban J connectivity index is 2.05. The number of anilines is 1. The second kappa shape index (κ2) is 6.84. The maximum absolute atomic E-state index is 13.0. The molecule has 0 fully saturated rings. The molecule has 1 heterocycles. The van der Waals surface area contributed by atoms with Gasteiger partial charge in [-0.1, -0.05) is 18.2 Å². The summed E-state index contributed by atoms with van der Waals surface area (Å²) in [5.74, 6) is 1.08. The fraction of sp³-hybridized carbons (Fsp3) is 0.211. The van der Waals surface area contributed by atoms with Crippen LogP contribution in [-0.4, -0.2) is 25.3 Å². The first kappa shape index (κ1) is 18.0. The lowest BCUT2D eigenvalue weighted by Crippen LogP contribution is -2.18. The predicted molar refractivity (Wildman–Crippen MR) is 102 cm³/mol. The van der Waals surface area contributed by atoms with Crippen molar-refractivity contribution in [1.29, 1.82) is 0 Å². The van der Waals surface area contributed by atoms with Crippen molar-refractivity contribution in [2.24, 2.45) is 0 Å². The molecule has 7 heteroatoms. The van der Waals surface area contributed by atoms with Gasteiger partial charge in [-0.15, -0.1) is 0 Å². The van der Waals surface area contributed by atoms with Gasteiger partial charge < -0.3 is 4.74 Å². The number of ether oxygens (including phenoxy) is 1. The molecule has 0 spiro atoms. The zero-order valence-electron chi connectivity index (χ0n) is 15.1. The minimum atomic E-state index is -3.78. The second-order valence-corrected chi connectivity index (χ2v) is 7.70. The molecule has 1 N–H and O–H groups in total. The topological polar surface area (TPSA) is 73.2 Å². The van der Waals surface area contributed by atoms with Crippen LogP contribution < -0.4 is 9.46 Å².